The van der Waals surface area contributed by atoms with E-state index in [0.29, 0.717) is 13.0 Å². The largest absolute Gasteiger partial charge is 0.355 e. The first kappa shape index (κ1) is 10.9. The highest BCUT2D eigenvalue weighted by atomic mass is 16.1. The summed E-state index contributed by atoms with van der Waals surface area (Å²) in [5, 5.41) is 2.83. The Bertz CT molecular complexity index is 451. The minimum Gasteiger partial charge on any atom is -0.355 e. The molecule has 0 saturated carbocycles. The van der Waals surface area contributed by atoms with Crippen molar-refractivity contribution in [2.24, 2.45) is 0 Å². The quantitative estimate of drug-likeness (QED) is 0.768. The second-order valence-corrected chi connectivity index (χ2v) is 4.33. The number of benzene rings is 1. The standard InChI is InChI=1S/C13H15NO2/c1-8-5-10(9(2)15)3-4-12(8)11-6-13(16)14-7-11/h3-5,11H,6-7H2,1-2H3,(H,14,16)/t11-/m0/s1. The van der Waals surface area contributed by atoms with Gasteiger partial charge in [0.1, 0.15) is 0 Å². The summed E-state index contributed by atoms with van der Waals surface area (Å²) in [6, 6.07) is 5.71. The number of carbonyl (C=O) groups excluding carboxylic acids is 2. The molecule has 84 valence electrons. The summed E-state index contributed by atoms with van der Waals surface area (Å²) >= 11 is 0. The molecule has 1 N–H and O–H groups in total. The molecule has 1 fully saturated rings. The summed E-state index contributed by atoms with van der Waals surface area (Å²) in [6.45, 7) is 4.26. The zero-order valence-corrected chi connectivity index (χ0v) is 9.54. The fraction of sp³-hybridized carbons (Fsp3) is 0.385. The molecule has 3 heteroatoms. The lowest BCUT2D eigenvalue weighted by Gasteiger charge is -2.12. The maximum Gasteiger partial charge on any atom is 0.220 e. The fourth-order valence-corrected chi connectivity index (χ4v) is 2.18. The number of ketones is 1. The van der Waals surface area contributed by atoms with Gasteiger partial charge in [0.25, 0.3) is 0 Å². The summed E-state index contributed by atoms with van der Waals surface area (Å²) < 4.78 is 0. The number of aryl methyl sites for hydroxylation is 1. The minimum absolute atomic E-state index is 0.0790. The van der Waals surface area contributed by atoms with E-state index >= 15 is 0 Å². The van der Waals surface area contributed by atoms with Crippen molar-refractivity contribution in [2.45, 2.75) is 26.2 Å². The highest BCUT2D eigenvalue weighted by Gasteiger charge is 2.24. The molecule has 2 rings (SSSR count). The van der Waals surface area contributed by atoms with Crippen LogP contribution in [-0.4, -0.2) is 18.2 Å². The number of Topliss-reactive ketones (excluding diaryl/α,β-unsaturated/α-hetero) is 1. The molecule has 0 aromatic heterocycles. The SMILES string of the molecule is CC(=O)c1ccc([C@@H]2CNC(=O)C2)c(C)c1. The third-order valence-electron chi connectivity index (χ3n) is 3.09. The van der Waals surface area contributed by atoms with Crippen molar-refractivity contribution < 1.29 is 9.59 Å². The van der Waals surface area contributed by atoms with E-state index in [-0.39, 0.29) is 17.6 Å². The molecule has 3 nitrogen and oxygen atoms in total. The molecule has 0 aliphatic carbocycles. The summed E-state index contributed by atoms with van der Waals surface area (Å²) in [4.78, 5) is 22.4. The monoisotopic (exact) mass is 217 g/mol. The van der Waals surface area contributed by atoms with Crippen molar-refractivity contribution in [2.75, 3.05) is 6.54 Å². The second kappa shape index (κ2) is 4.08. The van der Waals surface area contributed by atoms with E-state index in [4.69, 9.17) is 0 Å². The number of carbonyl (C=O) groups is 2. The van der Waals surface area contributed by atoms with E-state index in [9.17, 15) is 9.59 Å². The van der Waals surface area contributed by atoms with Gasteiger partial charge < -0.3 is 5.32 Å². The number of hydrogen-bond acceptors (Lipinski definition) is 2. The topological polar surface area (TPSA) is 46.2 Å². The van der Waals surface area contributed by atoms with Crippen molar-refractivity contribution in [3.8, 4) is 0 Å². The van der Waals surface area contributed by atoms with Crippen LogP contribution in [0.15, 0.2) is 18.2 Å². The predicted molar refractivity (Wildman–Crippen MR) is 61.6 cm³/mol. The summed E-state index contributed by atoms with van der Waals surface area (Å²) in [5.74, 6) is 0.448. The molecule has 1 aromatic carbocycles. The summed E-state index contributed by atoms with van der Waals surface area (Å²) in [6.07, 6.45) is 0.556. The van der Waals surface area contributed by atoms with Crippen LogP contribution in [0.2, 0.25) is 0 Å². The molecule has 1 heterocycles. The Balaban J connectivity index is 2.29. The first-order valence-corrected chi connectivity index (χ1v) is 5.46. The molecule has 1 aliphatic rings. The Labute approximate surface area is 94.9 Å². The van der Waals surface area contributed by atoms with Gasteiger partial charge in [-0.05, 0) is 31.0 Å². The Morgan fingerprint density at radius 1 is 1.44 bits per heavy atom. The van der Waals surface area contributed by atoms with Gasteiger partial charge in [-0.3, -0.25) is 9.59 Å². The van der Waals surface area contributed by atoms with Crippen LogP contribution in [-0.2, 0) is 4.79 Å². The van der Waals surface area contributed by atoms with Crippen molar-refractivity contribution in [1.29, 1.82) is 0 Å². The van der Waals surface area contributed by atoms with Crippen molar-refractivity contribution in [3.63, 3.8) is 0 Å². The summed E-state index contributed by atoms with van der Waals surface area (Å²) in [5.41, 5.74) is 3.00. The molecule has 0 radical (unpaired) electrons. The molecule has 1 saturated heterocycles. The maximum atomic E-state index is 11.2. The number of rotatable bonds is 2. The first-order chi connectivity index (χ1) is 7.58. The summed E-state index contributed by atoms with van der Waals surface area (Å²) in [7, 11) is 0. The van der Waals surface area contributed by atoms with Crippen LogP contribution in [0.5, 0.6) is 0 Å². The van der Waals surface area contributed by atoms with Crippen LogP contribution in [0.25, 0.3) is 0 Å². The molecule has 0 spiro atoms. The molecule has 1 amide bonds. The van der Waals surface area contributed by atoms with Crippen LogP contribution < -0.4 is 5.32 Å². The molecule has 1 aromatic rings. The Kier molecular flexibility index (Phi) is 2.77. The zero-order chi connectivity index (χ0) is 11.7. The van der Waals surface area contributed by atoms with Gasteiger partial charge in [-0.15, -0.1) is 0 Å². The normalized spacial score (nSPS) is 19.6. The van der Waals surface area contributed by atoms with E-state index in [2.05, 4.69) is 5.32 Å². The molecule has 0 unspecified atom stereocenters. The van der Waals surface area contributed by atoms with E-state index in [1.54, 1.807) is 6.92 Å². The van der Waals surface area contributed by atoms with Crippen LogP contribution in [0.4, 0.5) is 0 Å². The van der Waals surface area contributed by atoms with E-state index in [1.165, 1.54) is 5.56 Å². The molecule has 1 atom stereocenters. The average Bonchev–Trinajstić information content (AvgIpc) is 2.64. The van der Waals surface area contributed by atoms with Gasteiger partial charge >= 0.3 is 0 Å². The first-order valence-electron chi connectivity index (χ1n) is 5.46. The van der Waals surface area contributed by atoms with Gasteiger partial charge in [-0.25, -0.2) is 0 Å². The average molecular weight is 217 g/mol. The van der Waals surface area contributed by atoms with Gasteiger partial charge in [0.15, 0.2) is 5.78 Å². The van der Waals surface area contributed by atoms with Crippen molar-refractivity contribution in [1.82, 2.24) is 5.32 Å². The molecule has 16 heavy (non-hydrogen) atoms. The molecule has 0 bridgehead atoms. The maximum absolute atomic E-state index is 11.2. The molecule has 1 aliphatic heterocycles. The highest BCUT2D eigenvalue weighted by molar-refractivity contribution is 5.94. The molecular weight excluding hydrogens is 202 g/mol. The van der Waals surface area contributed by atoms with Gasteiger partial charge in [0.05, 0.1) is 0 Å². The van der Waals surface area contributed by atoms with Crippen molar-refractivity contribution in [3.05, 3.63) is 34.9 Å². The lowest BCUT2D eigenvalue weighted by Crippen LogP contribution is -2.13. The highest BCUT2D eigenvalue weighted by Crippen LogP contribution is 2.26. The predicted octanol–water partition coefficient (Wildman–Crippen LogP) is 1.80. The number of hydrogen-bond donors (Lipinski definition) is 1. The van der Waals surface area contributed by atoms with Crippen LogP contribution in [0.3, 0.4) is 0 Å². The van der Waals surface area contributed by atoms with Crippen LogP contribution in [0, 0.1) is 6.92 Å². The van der Waals surface area contributed by atoms with E-state index < -0.39 is 0 Å². The minimum atomic E-state index is 0.0790. The lowest BCUT2D eigenvalue weighted by atomic mass is 9.92. The fourth-order valence-electron chi connectivity index (χ4n) is 2.18. The molecular formula is C13H15NO2. The van der Waals surface area contributed by atoms with Gasteiger partial charge in [0, 0.05) is 24.4 Å². The number of nitrogens with one attached hydrogen (secondary N) is 1. The Morgan fingerprint density at radius 3 is 2.69 bits per heavy atom. The number of amides is 1. The van der Waals surface area contributed by atoms with Gasteiger partial charge in [-0.1, -0.05) is 12.1 Å². The third-order valence-corrected chi connectivity index (χ3v) is 3.09. The Morgan fingerprint density at radius 2 is 2.19 bits per heavy atom. The van der Waals surface area contributed by atoms with E-state index in [0.717, 1.165) is 11.1 Å². The van der Waals surface area contributed by atoms with Crippen LogP contribution >= 0.6 is 0 Å². The van der Waals surface area contributed by atoms with Crippen molar-refractivity contribution >= 4 is 11.7 Å². The lowest BCUT2D eigenvalue weighted by molar-refractivity contribution is -0.119. The smallest absolute Gasteiger partial charge is 0.220 e. The van der Waals surface area contributed by atoms with E-state index in [1.807, 2.05) is 25.1 Å². The Hall–Kier alpha value is -1.64. The second-order valence-electron chi connectivity index (χ2n) is 4.33. The van der Waals surface area contributed by atoms with Gasteiger partial charge in [0.2, 0.25) is 5.91 Å². The third kappa shape index (κ3) is 1.98. The van der Waals surface area contributed by atoms with Gasteiger partial charge in [-0.2, -0.15) is 0 Å². The van der Waals surface area contributed by atoms with Crippen LogP contribution in [0.1, 0.15) is 40.7 Å². The zero-order valence-electron chi connectivity index (χ0n) is 9.54.